The second-order valence-corrected chi connectivity index (χ2v) is 9.31. The lowest BCUT2D eigenvalue weighted by Crippen LogP contribution is -2.32. The fourth-order valence-corrected chi connectivity index (χ4v) is 4.67. The normalized spacial score (nSPS) is 12.4. The predicted octanol–water partition coefficient (Wildman–Crippen LogP) is 3.93. The van der Waals surface area contributed by atoms with Crippen LogP contribution >= 0.6 is 11.8 Å². The Balaban J connectivity index is 1.51. The summed E-state index contributed by atoms with van der Waals surface area (Å²) in [5, 5.41) is 4.76. The molecule has 0 fully saturated rings. The first kappa shape index (κ1) is 21.5. The minimum absolute atomic E-state index is 0.280. The van der Waals surface area contributed by atoms with Crippen LogP contribution in [0, 0.1) is 0 Å². The lowest BCUT2D eigenvalue weighted by Gasteiger charge is -2.10. The number of sulfonamides is 1. The van der Waals surface area contributed by atoms with Gasteiger partial charge in [-0.25, -0.2) is 13.1 Å². The number of aromatic nitrogens is 1. The Morgan fingerprint density at radius 1 is 1.10 bits per heavy atom. The summed E-state index contributed by atoms with van der Waals surface area (Å²) < 4.78 is 28.0. The Hall–Kier alpha value is -2.19. The summed E-state index contributed by atoms with van der Waals surface area (Å²) in [6, 6.07) is 15.3. The molecule has 152 valence electrons. The van der Waals surface area contributed by atoms with Gasteiger partial charge in [-0.15, -0.1) is 11.8 Å². The van der Waals surface area contributed by atoms with Crippen molar-refractivity contribution in [2.45, 2.75) is 16.7 Å². The number of thioether (sulfide) groups is 1. The van der Waals surface area contributed by atoms with Crippen LogP contribution in [0.3, 0.4) is 0 Å². The van der Waals surface area contributed by atoms with E-state index < -0.39 is 10.0 Å². The van der Waals surface area contributed by atoms with Crippen molar-refractivity contribution in [1.29, 1.82) is 0 Å². The van der Waals surface area contributed by atoms with Crippen LogP contribution in [0.5, 0.6) is 0 Å². The molecule has 0 bridgehead atoms. The average Bonchev–Trinajstić information content (AvgIpc) is 2.73. The molecular weight excluding hydrogens is 402 g/mol. The Kier molecular flexibility index (Phi) is 7.44. The molecule has 0 radical (unpaired) electrons. The quantitative estimate of drug-likeness (QED) is 0.400. The van der Waals surface area contributed by atoms with Gasteiger partial charge in [0.15, 0.2) is 0 Å². The van der Waals surface area contributed by atoms with E-state index in [4.69, 9.17) is 0 Å². The zero-order chi connectivity index (χ0) is 20.7. The molecule has 2 N–H and O–H groups in total. The maximum absolute atomic E-state index is 12.7. The summed E-state index contributed by atoms with van der Waals surface area (Å²) in [6.07, 6.45) is 7.46. The van der Waals surface area contributed by atoms with Gasteiger partial charge in [-0.2, -0.15) is 0 Å². The largest absolute Gasteiger partial charge is 0.312 e. The van der Waals surface area contributed by atoms with E-state index in [1.807, 2.05) is 6.07 Å². The summed E-state index contributed by atoms with van der Waals surface area (Å²) in [4.78, 5) is 5.57. The van der Waals surface area contributed by atoms with Gasteiger partial charge in [0, 0.05) is 47.7 Å². The molecule has 0 spiro atoms. The van der Waals surface area contributed by atoms with E-state index >= 15 is 0 Å². The molecule has 0 atom stereocenters. The van der Waals surface area contributed by atoms with Gasteiger partial charge < -0.3 is 5.32 Å². The topological polar surface area (TPSA) is 71.1 Å². The monoisotopic (exact) mass is 427 g/mol. The summed E-state index contributed by atoms with van der Waals surface area (Å²) >= 11 is 1.72. The third-order valence-electron chi connectivity index (χ3n) is 4.46. The van der Waals surface area contributed by atoms with Crippen LogP contribution < -0.4 is 10.0 Å². The second-order valence-electron chi connectivity index (χ2n) is 6.69. The van der Waals surface area contributed by atoms with Crippen LogP contribution in [-0.4, -0.2) is 39.3 Å². The number of benzene rings is 2. The van der Waals surface area contributed by atoms with E-state index in [0.717, 1.165) is 10.9 Å². The van der Waals surface area contributed by atoms with E-state index in [1.165, 1.54) is 10.5 Å². The summed E-state index contributed by atoms with van der Waals surface area (Å²) in [6.45, 7) is 3.62. The van der Waals surface area contributed by atoms with Crippen LogP contribution in [0.15, 0.2) is 76.3 Å². The van der Waals surface area contributed by atoms with E-state index in [9.17, 15) is 8.42 Å². The lowest BCUT2D eigenvalue weighted by molar-refractivity contribution is 0.579. The average molecular weight is 428 g/mol. The molecule has 0 aliphatic heterocycles. The Morgan fingerprint density at radius 3 is 2.66 bits per heavy atom. The number of nitrogens with zero attached hydrogens (tertiary/aromatic N) is 1. The smallest absolute Gasteiger partial charge is 0.241 e. The van der Waals surface area contributed by atoms with Gasteiger partial charge in [-0.1, -0.05) is 35.9 Å². The third-order valence-corrected chi connectivity index (χ3v) is 6.72. The maximum atomic E-state index is 12.7. The van der Waals surface area contributed by atoms with Gasteiger partial charge in [0.2, 0.25) is 10.0 Å². The van der Waals surface area contributed by atoms with E-state index in [0.29, 0.717) is 25.0 Å². The molecule has 2 aromatic carbocycles. The second kappa shape index (κ2) is 10.0. The zero-order valence-corrected chi connectivity index (χ0v) is 18.2. The number of pyridine rings is 1. The molecule has 7 heteroatoms. The molecule has 29 heavy (non-hydrogen) atoms. The molecule has 1 aromatic heterocycles. The standard InChI is InChI=1S/C22H25N3O2S2/c1-17(14-18-6-8-20(28-2)9-7-18)15-24-12-13-25-29(26,27)22-5-3-4-19-16-23-11-10-21(19)22/h3-11,14,16,24-25H,12-13,15H2,1-2H3. The zero-order valence-electron chi connectivity index (χ0n) is 16.6. The maximum Gasteiger partial charge on any atom is 0.241 e. The predicted molar refractivity (Wildman–Crippen MR) is 122 cm³/mol. The van der Waals surface area contributed by atoms with Crippen molar-refractivity contribution in [1.82, 2.24) is 15.0 Å². The Labute approximate surface area is 176 Å². The van der Waals surface area contributed by atoms with Gasteiger partial charge in [0.05, 0.1) is 4.90 Å². The minimum atomic E-state index is -3.58. The van der Waals surface area contributed by atoms with Crippen LogP contribution in [-0.2, 0) is 10.0 Å². The highest BCUT2D eigenvalue weighted by Crippen LogP contribution is 2.21. The molecule has 0 aliphatic carbocycles. The SMILES string of the molecule is CSc1ccc(C=C(C)CNCCNS(=O)(=O)c2cccc3cnccc23)cc1. The van der Waals surface area contributed by atoms with Crippen LogP contribution in [0.1, 0.15) is 12.5 Å². The van der Waals surface area contributed by atoms with Crippen LogP contribution in [0.4, 0.5) is 0 Å². The Morgan fingerprint density at radius 2 is 1.90 bits per heavy atom. The summed E-state index contributed by atoms with van der Waals surface area (Å²) in [7, 11) is -3.58. The first-order chi connectivity index (χ1) is 14.0. The van der Waals surface area contributed by atoms with Crippen molar-refractivity contribution in [2.75, 3.05) is 25.9 Å². The first-order valence-corrected chi connectivity index (χ1v) is 12.0. The molecular formula is C22H25N3O2S2. The molecule has 0 unspecified atom stereocenters. The van der Waals surface area contributed by atoms with Gasteiger partial charge >= 0.3 is 0 Å². The molecule has 3 rings (SSSR count). The molecule has 0 saturated heterocycles. The highest BCUT2D eigenvalue weighted by Gasteiger charge is 2.16. The van der Waals surface area contributed by atoms with Gasteiger partial charge in [-0.3, -0.25) is 4.98 Å². The number of nitrogens with one attached hydrogen (secondary N) is 2. The highest BCUT2D eigenvalue weighted by atomic mass is 32.2. The number of hydrogen-bond donors (Lipinski definition) is 2. The van der Waals surface area contributed by atoms with Crippen molar-refractivity contribution in [3.63, 3.8) is 0 Å². The molecule has 1 heterocycles. The number of fused-ring (bicyclic) bond motifs is 1. The molecule has 5 nitrogen and oxygen atoms in total. The highest BCUT2D eigenvalue weighted by molar-refractivity contribution is 7.98. The van der Waals surface area contributed by atoms with E-state index in [-0.39, 0.29) is 4.90 Å². The fraction of sp³-hybridized carbons (Fsp3) is 0.227. The molecule has 0 saturated carbocycles. The van der Waals surface area contributed by atoms with Crippen LogP contribution in [0.2, 0.25) is 0 Å². The Bertz CT molecular complexity index is 1090. The van der Waals surface area contributed by atoms with E-state index in [2.05, 4.69) is 58.5 Å². The van der Waals surface area contributed by atoms with Crippen LogP contribution in [0.25, 0.3) is 16.8 Å². The molecule has 0 amide bonds. The number of rotatable bonds is 9. The molecule has 0 aliphatic rings. The first-order valence-electron chi connectivity index (χ1n) is 9.34. The van der Waals surface area contributed by atoms with Crippen molar-refractivity contribution >= 4 is 38.6 Å². The lowest BCUT2D eigenvalue weighted by atomic mass is 10.1. The van der Waals surface area contributed by atoms with Gasteiger partial charge in [0.1, 0.15) is 0 Å². The van der Waals surface area contributed by atoms with Gasteiger partial charge in [0.25, 0.3) is 0 Å². The minimum Gasteiger partial charge on any atom is -0.312 e. The van der Waals surface area contributed by atoms with Crippen molar-refractivity contribution < 1.29 is 8.42 Å². The summed E-state index contributed by atoms with van der Waals surface area (Å²) in [5.74, 6) is 0. The molecule has 3 aromatic rings. The van der Waals surface area contributed by atoms with Gasteiger partial charge in [-0.05, 0) is 43.0 Å². The van der Waals surface area contributed by atoms with Crippen molar-refractivity contribution in [3.8, 4) is 0 Å². The fourth-order valence-electron chi connectivity index (χ4n) is 3.00. The summed E-state index contributed by atoms with van der Waals surface area (Å²) in [5.41, 5.74) is 2.35. The van der Waals surface area contributed by atoms with Crippen molar-refractivity contribution in [3.05, 3.63) is 72.1 Å². The number of hydrogen-bond acceptors (Lipinski definition) is 5. The van der Waals surface area contributed by atoms with E-state index in [1.54, 1.807) is 42.4 Å². The van der Waals surface area contributed by atoms with Crippen molar-refractivity contribution in [2.24, 2.45) is 0 Å². The third kappa shape index (κ3) is 5.90.